The van der Waals surface area contributed by atoms with E-state index in [0.29, 0.717) is 10.1 Å². The minimum Gasteiger partial charge on any atom is -0.484 e. The van der Waals surface area contributed by atoms with Crippen molar-refractivity contribution in [2.24, 2.45) is 0 Å². The molecule has 0 bridgehead atoms. The smallest absolute Gasteiger partial charge is 0.453 e. The predicted octanol–water partition coefficient (Wildman–Crippen LogP) is 3.70. The van der Waals surface area contributed by atoms with Crippen LogP contribution in [0.25, 0.3) is 5.65 Å². The number of nitrogens with one attached hydrogen (secondary N) is 1. The van der Waals surface area contributed by atoms with Crippen molar-refractivity contribution in [1.82, 2.24) is 19.8 Å². The number of alkyl halides is 6. The number of nitrogens with zero attached hydrogens (tertiary/aromatic N) is 4. The predicted molar refractivity (Wildman–Crippen MR) is 81.1 cm³/mol. The van der Waals surface area contributed by atoms with Crippen molar-refractivity contribution in [1.29, 1.82) is 0 Å². The highest BCUT2D eigenvalue weighted by atomic mass is 19.4. The van der Waals surface area contributed by atoms with Crippen molar-refractivity contribution in [2.45, 2.75) is 18.9 Å². The summed E-state index contributed by atoms with van der Waals surface area (Å²) in [5, 5.41) is 13.1. The summed E-state index contributed by atoms with van der Waals surface area (Å²) in [5.74, 6) is -1.05. The first-order valence-electron chi connectivity index (χ1n) is 7.44. The van der Waals surface area contributed by atoms with E-state index in [-0.39, 0.29) is 23.8 Å². The summed E-state index contributed by atoms with van der Waals surface area (Å²) in [6.45, 7) is -1.21. The molecular formula is C15H11F6N5O. The zero-order chi connectivity index (χ0) is 19.7. The van der Waals surface area contributed by atoms with E-state index in [2.05, 4.69) is 25.3 Å². The van der Waals surface area contributed by atoms with Gasteiger partial charge in [-0.25, -0.2) is 0 Å². The molecule has 1 N–H and O–H groups in total. The Morgan fingerprint density at radius 3 is 2.26 bits per heavy atom. The standard InChI is InChI=1S/C15H11F6N5O/c16-14(17,18)8-27-10-3-1-9(2-4-10)7-22-11-5-6-12-23-24-13(15(19,20)21)26(12)25-11/h1-6H,7-8H2,(H,22,25). The normalized spacial score (nSPS) is 12.4. The average Bonchev–Trinajstić information content (AvgIpc) is 3.02. The van der Waals surface area contributed by atoms with Crippen molar-refractivity contribution in [3.63, 3.8) is 0 Å². The van der Waals surface area contributed by atoms with Crippen LogP contribution in [0.5, 0.6) is 5.75 Å². The summed E-state index contributed by atoms with van der Waals surface area (Å²) in [6, 6.07) is 8.53. The largest absolute Gasteiger partial charge is 0.484 e. The van der Waals surface area contributed by atoms with Crippen LogP contribution in [-0.2, 0) is 12.7 Å². The van der Waals surface area contributed by atoms with Gasteiger partial charge in [0.2, 0.25) is 0 Å². The zero-order valence-corrected chi connectivity index (χ0v) is 13.3. The minimum absolute atomic E-state index is 0.0509. The Hall–Kier alpha value is -3.05. The Labute approximate surface area is 147 Å². The lowest BCUT2D eigenvalue weighted by atomic mass is 10.2. The number of aromatic nitrogens is 4. The second-order valence-corrected chi connectivity index (χ2v) is 5.41. The first-order valence-corrected chi connectivity index (χ1v) is 7.44. The van der Waals surface area contributed by atoms with Gasteiger partial charge in [-0.05, 0) is 29.8 Å². The SMILES string of the molecule is FC(F)(F)COc1ccc(CNc2ccc3nnc(C(F)(F)F)n3n2)cc1. The molecule has 0 aliphatic rings. The highest BCUT2D eigenvalue weighted by molar-refractivity contribution is 5.44. The van der Waals surface area contributed by atoms with Gasteiger partial charge in [0.25, 0.3) is 5.82 Å². The van der Waals surface area contributed by atoms with Gasteiger partial charge < -0.3 is 10.1 Å². The van der Waals surface area contributed by atoms with E-state index >= 15 is 0 Å². The molecule has 3 aromatic rings. The van der Waals surface area contributed by atoms with Gasteiger partial charge in [-0.3, -0.25) is 0 Å². The monoisotopic (exact) mass is 391 g/mol. The topological polar surface area (TPSA) is 64.3 Å². The third-order valence-electron chi connectivity index (χ3n) is 3.32. The number of halogens is 6. The van der Waals surface area contributed by atoms with Gasteiger partial charge in [-0.1, -0.05) is 12.1 Å². The lowest BCUT2D eigenvalue weighted by Gasteiger charge is -2.10. The van der Waals surface area contributed by atoms with E-state index in [1.165, 1.54) is 36.4 Å². The first kappa shape index (κ1) is 18.7. The molecule has 27 heavy (non-hydrogen) atoms. The van der Waals surface area contributed by atoms with Gasteiger partial charge in [0, 0.05) is 6.54 Å². The molecule has 0 unspecified atom stereocenters. The van der Waals surface area contributed by atoms with E-state index < -0.39 is 24.8 Å². The van der Waals surface area contributed by atoms with Crippen molar-refractivity contribution in [2.75, 3.05) is 11.9 Å². The third kappa shape index (κ3) is 4.77. The molecule has 0 aliphatic carbocycles. The van der Waals surface area contributed by atoms with Gasteiger partial charge in [-0.15, -0.1) is 15.3 Å². The van der Waals surface area contributed by atoms with Crippen LogP contribution in [0.2, 0.25) is 0 Å². The lowest BCUT2D eigenvalue weighted by Crippen LogP contribution is -2.19. The number of anilines is 1. The Bertz CT molecular complexity index is 919. The van der Waals surface area contributed by atoms with Gasteiger partial charge in [-0.2, -0.15) is 30.9 Å². The van der Waals surface area contributed by atoms with Gasteiger partial charge in [0.15, 0.2) is 12.3 Å². The van der Waals surface area contributed by atoms with Crippen molar-refractivity contribution < 1.29 is 31.1 Å². The summed E-state index contributed by atoms with van der Waals surface area (Å²) < 4.78 is 80.0. The number of ether oxygens (including phenoxy) is 1. The van der Waals surface area contributed by atoms with E-state index in [1.807, 2.05) is 0 Å². The maximum absolute atomic E-state index is 12.8. The second kappa shape index (κ2) is 6.93. The zero-order valence-electron chi connectivity index (χ0n) is 13.3. The molecule has 0 saturated carbocycles. The van der Waals surface area contributed by atoms with Crippen LogP contribution in [0, 0.1) is 0 Å². The molecule has 0 spiro atoms. The van der Waals surface area contributed by atoms with Crippen LogP contribution in [0.15, 0.2) is 36.4 Å². The summed E-state index contributed by atoms with van der Waals surface area (Å²) in [6.07, 6.45) is -9.13. The molecule has 2 heterocycles. The summed E-state index contributed by atoms with van der Waals surface area (Å²) in [7, 11) is 0. The van der Waals surface area contributed by atoms with E-state index in [1.54, 1.807) is 0 Å². The van der Waals surface area contributed by atoms with Crippen molar-refractivity contribution >= 4 is 11.5 Å². The number of fused-ring (bicyclic) bond motifs is 1. The fraction of sp³-hybridized carbons (Fsp3) is 0.267. The van der Waals surface area contributed by atoms with Gasteiger partial charge in [0.1, 0.15) is 11.6 Å². The molecule has 6 nitrogen and oxygen atoms in total. The Morgan fingerprint density at radius 2 is 1.63 bits per heavy atom. The van der Waals surface area contributed by atoms with Gasteiger partial charge >= 0.3 is 12.4 Å². The van der Waals surface area contributed by atoms with Crippen LogP contribution in [-0.4, -0.2) is 32.6 Å². The van der Waals surface area contributed by atoms with Crippen molar-refractivity contribution in [3.8, 4) is 5.75 Å². The van der Waals surface area contributed by atoms with Crippen LogP contribution in [0.4, 0.5) is 32.2 Å². The van der Waals surface area contributed by atoms with Crippen LogP contribution in [0.1, 0.15) is 11.4 Å². The summed E-state index contributed by atoms with van der Waals surface area (Å²) >= 11 is 0. The van der Waals surface area contributed by atoms with Crippen LogP contribution < -0.4 is 10.1 Å². The van der Waals surface area contributed by atoms with E-state index in [4.69, 9.17) is 0 Å². The third-order valence-corrected chi connectivity index (χ3v) is 3.32. The molecule has 2 aromatic heterocycles. The molecule has 0 radical (unpaired) electrons. The highest BCUT2D eigenvalue weighted by Crippen LogP contribution is 2.27. The molecular weight excluding hydrogens is 380 g/mol. The second-order valence-electron chi connectivity index (χ2n) is 5.41. The van der Waals surface area contributed by atoms with Crippen molar-refractivity contribution in [3.05, 3.63) is 47.8 Å². The summed E-state index contributed by atoms with van der Waals surface area (Å²) in [4.78, 5) is 0. The fourth-order valence-corrected chi connectivity index (χ4v) is 2.12. The maximum Gasteiger partial charge on any atom is 0.453 e. The highest BCUT2D eigenvalue weighted by Gasteiger charge is 2.37. The molecule has 3 rings (SSSR count). The Morgan fingerprint density at radius 1 is 0.926 bits per heavy atom. The average molecular weight is 391 g/mol. The lowest BCUT2D eigenvalue weighted by molar-refractivity contribution is -0.153. The molecule has 1 aromatic carbocycles. The summed E-state index contributed by atoms with van der Waals surface area (Å²) in [5.41, 5.74) is 0.607. The molecule has 0 saturated heterocycles. The van der Waals surface area contributed by atoms with E-state index in [0.717, 1.165) is 0 Å². The number of rotatable bonds is 5. The molecule has 0 amide bonds. The van der Waals surface area contributed by atoms with Crippen LogP contribution >= 0.6 is 0 Å². The molecule has 12 heteroatoms. The quantitative estimate of drug-likeness (QED) is 0.672. The number of hydrogen-bond donors (Lipinski definition) is 1. The molecule has 0 atom stereocenters. The molecule has 0 fully saturated rings. The first-order chi connectivity index (χ1) is 12.6. The van der Waals surface area contributed by atoms with Gasteiger partial charge in [0.05, 0.1) is 0 Å². The minimum atomic E-state index is -4.70. The molecule has 0 aliphatic heterocycles. The Balaban J connectivity index is 1.66. The number of hydrogen-bond acceptors (Lipinski definition) is 5. The number of benzene rings is 1. The van der Waals surface area contributed by atoms with E-state index in [9.17, 15) is 26.3 Å². The molecule has 144 valence electrons. The van der Waals surface area contributed by atoms with Crippen LogP contribution in [0.3, 0.4) is 0 Å². The maximum atomic E-state index is 12.8. The Kier molecular flexibility index (Phi) is 4.81. The fourth-order valence-electron chi connectivity index (χ4n) is 2.12.